The van der Waals surface area contributed by atoms with Gasteiger partial charge in [0, 0.05) is 11.0 Å². The lowest BCUT2D eigenvalue weighted by atomic mass is 9.50. The van der Waals surface area contributed by atoms with Crippen molar-refractivity contribution in [1.29, 1.82) is 0 Å². The first-order chi connectivity index (χ1) is 13.9. The van der Waals surface area contributed by atoms with Gasteiger partial charge in [-0.3, -0.25) is 10.1 Å². The van der Waals surface area contributed by atoms with Crippen LogP contribution < -0.4 is 10.0 Å². The van der Waals surface area contributed by atoms with E-state index in [0.29, 0.717) is 10.7 Å². The van der Waals surface area contributed by atoms with Crippen molar-refractivity contribution in [3.63, 3.8) is 0 Å². The topological polar surface area (TPSA) is 101 Å². The first-order valence-electron chi connectivity index (χ1n) is 10.1. The van der Waals surface area contributed by atoms with Crippen LogP contribution in [0.2, 0.25) is 0 Å². The highest BCUT2D eigenvalue weighted by molar-refractivity contribution is 7.89. The van der Waals surface area contributed by atoms with Gasteiger partial charge in [-0.15, -0.1) is 10.2 Å². The van der Waals surface area contributed by atoms with Gasteiger partial charge in [0.25, 0.3) is 5.91 Å². The summed E-state index contributed by atoms with van der Waals surface area (Å²) in [5.74, 6) is 2.17. The van der Waals surface area contributed by atoms with Gasteiger partial charge in [-0.1, -0.05) is 11.3 Å². The van der Waals surface area contributed by atoms with E-state index in [0.717, 1.165) is 22.8 Å². The fourth-order valence-electron chi connectivity index (χ4n) is 5.93. The number of hydrogen-bond donors (Lipinski definition) is 2. The van der Waals surface area contributed by atoms with E-state index in [1.807, 2.05) is 0 Å². The van der Waals surface area contributed by atoms with Gasteiger partial charge in [-0.2, -0.15) is 0 Å². The Balaban J connectivity index is 1.31. The first-order valence-corrected chi connectivity index (χ1v) is 12.4. The molecule has 0 atom stereocenters. The van der Waals surface area contributed by atoms with E-state index >= 15 is 0 Å². The number of carbonyl (C=O) groups excluding carboxylic acids is 1. The molecule has 154 valence electrons. The van der Waals surface area contributed by atoms with Gasteiger partial charge >= 0.3 is 0 Å². The van der Waals surface area contributed by atoms with Gasteiger partial charge in [0.05, 0.1) is 4.90 Å². The smallest absolute Gasteiger partial charge is 0.257 e. The number of carbonyl (C=O) groups is 1. The molecule has 0 unspecified atom stereocenters. The third-order valence-electron chi connectivity index (χ3n) is 6.83. The molecule has 29 heavy (non-hydrogen) atoms. The highest BCUT2D eigenvalue weighted by Gasteiger charge is 2.53. The van der Waals surface area contributed by atoms with Crippen LogP contribution in [0.15, 0.2) is 29.2 Å². The minimum absolute atomic E-state index is 0.122. The average Bonchev–Trinajstić information content (AvgIpc) is 3.16. The molecular weight excluding hydrogens is 408 g/mol. The number of sulfonamides is 1. The fourth-order valence-corrected chi connectivity index (χ4v) is 7.62. The van der Waals surface area contributed by atoms with E-state index in [1.165, 1.54) is 81.2 Å². The standard InChI is InChI=1S/C20H24N4O3S2/c1-21-29(26,27)16-4-2-15(3-5-16)17(25)22-19-24-23-18(28-19)20-9-12-6-13(10-20)8-14(7-12)11-20/h2-5,12-14,21H,6-11H2,1H3,(H,22,24,25). The number of benzene rings is 1. The highest BCUT2D eigenvalue weighted by Crippen LogP contribution is 2.61. The number of hydrogen-bond acceptors (Lipinski definition) is 6. The Morgan fingerprint density at radius 1 is 1.03 bits per heavy atom. The molecule has 4 aliphatic carbocycles. The van der Waals surface area contributed by atoms with E-state index in [1.54, 1.807) is 0 Å². The Hall–Kier alpha value is -1.84. The third kappa shape index (κ3) is 3.39. The fraction of sp³-hybridized carbons (Fsp3) is 0.550. The zero-order valence-electron chi connectivity index (χ0n) is 16.2. The summed E-state index contributed by atoms with van der Waals surface area (Å²) in [7, 11) is -2.17. The zero-order valence-corrected chi connectivity index (χ0v) is 17.9. The number of nitrogens with one attached hydrogen (secondary N) is 2. The molecule has 4 bridgehead atoms. The summed E-state index contributed by atoms with van der Waals surface area (Å²) in [6, 6.07) is 5.84. The number of anilines is 1. The molecule has 4 aliphatic rings. The quantitative estimate of drug-likeness (QED) is 0.756. The Kier molecular flexibility index (Phi) is 4.52. The van der Waals surface area contributed by atoms with Crippen molar-refractivity contribution in [1.82, 2.24) is 14.9 Å². The predicted molar refractivity (Wildman–Crippen MR) is 110 cm³/mol. The van der Waals surface area contributed by atoms with E-state index in [2.05, 4.69) is 20.2 Å². The number of nitrogens with zero attached hydrogens (tertiary/aromatic N) is 2. The summed E-state index contributed by atoms with van der Waals surface area (Å²) in [5.41, 5.74) is 0.546. The maximum absolute atomic E-state index is 12.6. The summed E-state index contributed by atoms with van der Waals surface area (Å²) in [4.78, 5) is 12.7. The van der Waals surface area contributed by atoms with Crippen LogP contribution in [0.1, 0.15) is 53.9 Å². The number of rotatable bonds is 5. The minimum atomic E-state index is -3.52. The van der Waals surface area contributed by atoms with Crippen LogP contribution in [0.25, 0.3) is 0 Å². The molecule has 1 aromatic heterocycles. The lowest BCUT2D eigenvalue weighted by Gasteiger charge is -2.55. The van der Waals surface area contributed by atoms with Crippen LogP contribution in [-0.4, -0.2) is 31.6 Å². The number of amides is 1. The van der Waals surface area contributed by atoms with Gasteiger partial charge in [0.1, 0.15) is 5.01 Å². The summed E-state index contributed by atoms with van der Waals surface area (Å²) >= 11 is 1.50. The number of aromatic nitrogens is 2. The van der Waals surface area contributed by atoms with Crippen molar-refractivity contribution in [2.24, 2.45) is 17.8 Å². The summed E-state index contributed by atoms with van der Waals surface area (Å²) in [6.45, 7) is 0. The van der Waals surface area contributed by atoms with Gasteiger partial charge in [0.2, 0.25) is 15.2 Å². The molecule has 4 fully saturated rings. The highest BCUT2D eigenvalue weighted by atomic mass is 32.2. The van der Waals surface area contributed by atoms with Crippen molar-refractivity contribution in [2.75, 3.05) is 12.4 Å². The Labute approximate surface area is 174 Å². The predicted octanol–water partition coefficient (Wildman–Crippen LogP) is 3.17. The molecule has 7 nitrogen and oxygen atoms in total. The normalized spacial score (nSPS) is 30.4. The molecule has 1 aromatic carbocycles. The molecule has 9 heteroatoms. The molecule has 4 saturated carbocycles. The van der Waals surface area contributed by atoms with Gasteiger partial charge in [-0.25, -0.2) is 13.1 Å². The van der Waals surface area contributed by atoms with Crippen LogP contribution in [0, 0.1) is 17.8 Å². The monoisotopic (exact) mass is 432 g/mol. The van der Waals surface area contributed by atoms with Crippen LogP contribution in [-0.2, 0) is 15.4 Å². The summed E-state index contributed by atoms with van der Waals surface area (Å²) < 4.78 is 25.9. The van der Waals surface area contributed by atoms with Crippen molar-refractivity contribution in [3.05, 3.63) is 34.8 Å². The first kappa shape index (κ1) is 19.1. The second kappa shape index (κ2) is 6.85. The Morgan fingerprint density at radius 2 is 1.62 bits per heavy atom. The molecule has 0 aliphatic heterocycles. The molecule has 1 heterocycles. The maximum atomic E-state index is 12.6. The second-order valence-corrected chi connectivity index (χ2v) is 11.7. The van der Waals surface area contributed by atoms with Gasteiger partial charge in [0.15, 0.2) is 0 Å². The van der Waals surface area contributed by atoms with Crippen molar-refractivity contribution >= 4 is 32.4 Å². The van der Waals surface area contributed by atoms with Crippen LogP contribution in [0.3, 0.4) is 0 Å². The summed E-state index contributed by atoms with van der Waals surface area (Å²) in [6.07, 6.45) is 7.76. The lowest BCUT2D eigenvalue weighted by Crippen LogP contribution is -2.48. The molecule has 0 spiro atoms. The molecule has 0 saturated heterocycles. The average molecular weight is 433 g/mol. The SMILES string of the molecule is CNS(=O)(=O)c1ccc(C(=O)Nc2nnc(C34CC5CC(CC(C5)C3)C4)s2)cc1. The molecule has 2 aromatic rings. The second-order valence-electron chi connectivity index (χ2n) is 8.80. The minimum Gasteiger partial charge on any atom is -0.296 e. The molecule has 2 N–H and O–H groups in total. The lowest BCUT2D eigenvalue weighted by molar-refractivity contribution is -0.00555. The molecule has 0 radical (unpaired) electrons. The van der Waals surface area contributed by atoms with Crippen molar-refractivity contribution in [3.8, 4) is 0 Å². The van der Waals surface area contributed by atoms with Crippen LogP contribution >= 0.6 is 11.3 Å². The zero-order chi connectivity index (χ0) is 20.2. The van der Waals surface area contributed by atoms with Crippen LogP contribution in [0.4, 0.5) is 5.13 Å². The summed E-state index contributed by atoms with van der Waals surface area (Å²) in [5, 5.41) is 13.1. The Bertz CT molecular complexity index is 1010. The molecule has 6 rings (SSSR count). The van der Waals surface area contributed by atoms with Crippen LogP contribution in [0.5, 0.6) is 0 Å². The van der Waals surface area contributed by atoms with Crippen molar-refractivity contribution in [2.45, 2.75) is 48.8 Å². The maximum Gasteiger partial charge on any atom is 0.257 e. The largest absolute Gasteiger partial charge is 0.296 e. The Morgan fingerprint density at radius 3 is 2.17 bits per heavy atom. The molecule has 1 amide bonds. The van der Waals surface area contributed by atoms with Gasteiger partial charge < -0.3 is 0 Å². The van der Waals surface area contributed by atoms with E-state index in [4.69, 9.17) is 0 Å². The third-order valence-corrected chi connectivity index (χ3v) is 9.35. The van der Waals surface area contributed by atoms with E-state index < -0.39 is 10.0 Å². The van der Waals surface area contributed by atoms with Gasteiger partial charge in [-0.05, 0) is 87.6 Å². The molecular formula is C20H24N4O3S2. The van der Waals surface area contributed by atoms with Crippen molar-refractivity contribution < 1.29 is 13.2 Å². The van der Waals surface area contributed by atoms with E-state index in [9.17, 15) is 13.2 Å². The van der Waals surface area contributed by atoms with E-state index in [-0.39, 0.29) is 16.2 Å².